The fourth-order valence-corrected chi connectivity index (χ4v) is 5.16. The van der Waals surface area contributed by atoms with Gasteiger partial charge in [-0.2, -0.15) is 0 Å². The molecule has 1 unspecified atom stereocenters. The first-order chi connectivity index (χ1) is 14.0. The van der Waals surface area contributed by atoms with Crippen molar-refractivity contribution in [3.8, 4) is 0 Å². The van der Waals surface area contributed by atoms with Crippen LogP contribution in [0, 0.1) is 11.8 Å². The molecule has 0 aliphatic carbocycles. The van der Waals surface area contributed by atoms with E-state index in [1.54, 1.807) is 11.9 Å². The van der Waals surface area contributed by atoms with Crippen LogP contribution < -0.4 is 15.5 Å². The number of carbonyl (C=O) groups is 2. The van der Waals surface area contributed by atoms with Crippen molar-refractivity contribution in [1.82, 2.24) is 10.2 Å². The Morgan fingerprint density at radius 3 is 2.52 bits per heavy atom. The lowest BCUT2D eigenvalue weighted by molar-refractivity contribution is -0.141. The Morgan fingerprint density at radius 1 is 1.14 bits per heavy atom. The molecule has 7 heteroatoms. The number of fused-ring (bicyclic) bond motifs is 1. The molecule has 1 atom stereocenters. The maximum atomic E-state index is 12.5. The Hall–Kier alpha value is -2.28. The summed E-state index contributed by atoms with van der Waals surface area (Å²) >= 11 is 0. The number of carboxylic acids is 1. The molecule has 1 aromatic carbocycles. The molecule has 2 saturated heterocycles. The number of anilines is 2. The number of hydrogen-bond donors (Lipinski definition) is 3. The molecule has 3 aliphatic heterocycles. The van der Waals surface area contributed by atoms with Gasteiger partial charge in [0.15, 0.2) is 0 Å². The van der Waals surface area contributed by atoms with Crippen molar-refractivity contribution in [2.75, 3.05) is 43.4 Å². The topological polar surface area (TPSA) is 84.9 Å². The summed E-state index contributed by atoms with van der Waals surface area (Å²) in [6, 6.07) is 5.56. The average Bonchev–Trinajstić information content (AvgIpc) is 2.84. The quantitative estimate of drug-likeness (QED) is 0.718. The second kappa shape index (κ2) is 8.61. The second-order valence-corrected chi connectivity index (χ2v) is 8.74. The first-order valence-electron chi connectivity index (χ1n) is 10.8. The molecule has 29 heavy (non-hydrogen) atoms. The van der Waals surface area contributed by atoms with Gasteiger partial charge in [0.1, 0.15) is 6.04 Å². The maximum absolute atomic E-state index is 12.5. The number of likely N-dealkylation sites (N-methyl/N-ethyl adjacent to an activating group) is 1. The summed E-state index contributed by atoms with van der Waals surface area (Å²) in [4.78, 5) is 27.7. The summed E-state index contributed by atoms with van der Waals surface area (Å²) in [5, 5.41) is 15.7. The zero-order valence-corrected chi connectivity index (χ0v) is 17.2. The summed E-state index contributed by atoms with van der Waals surface area (Å²) in [5.41, 5.74) is 3.11. The molecule has 0 radical (unpaired) electrons. The first kappa shape index (κ1) is 20.0. The maximum Gasteiger partial charge on any atom is 0.305 e. The fourth-order valence-electron chi connectivity index (χ4n) is 5.16. The number of benzene rings is 1. The minimum atomic E-state index is -0.971. The van der Waals surface area contributed by atoms with Crippen LogP contribution in [0.25, 0.3) is 0 Å². The van der Waals surface area contributed by atoms with E-state index in [4.69, 9.17) is 5.11 Å². The molecule has 4 rings (SSSR count). The van der Waals surface area contributed by atoms with Gasteiger partial charge in [-0.15, -0.1) is 0 Å². The van der Waals surface area contributed by atoms with E-state index in [1.165, 1.54) is 31.4 Å². The third-order valence-electron chi connectivity index (χ3n) is 6.83. The predicted octanol–water partition coefficient (Wildman–Crippen LogP) is 2.13. The average molecular weight is 401 g/mol. The molecular formula is C22H32N4O3. The highest BCUT2D eigenvalue weighted by molar-refractivity contribution is 5.90. The molecule has 3 aliphatic rings. The first-order valence-corrected chi connectivity index (χ1v) is 10.8. The highest BCUT2D eigenvalue weighted by Crippen LogP contribution is 2.34. The van der Waals surface area contributed by atoms with Crippen molar-refractivity contribution >= 4 is 23.3 Å². The Morgan fingerprint density at radius 2 is 1.83 bits per heavy atom. The zero-order valence-electron chi connectivity index (χ0n) is 17.2. The molecule has 158 valence electrons. The van der Waals surface area contributed by atoms with Crippen molar-refractivity contribution in [2.24, 2.45) is 11.8 Å². The number of carboxylic acid groups (broad SMARTS) is 1. The van der Waals surface area contributed by atoms with Gasteiger partial charge in [-0.3, -0.25) is 9.59 Å². The predicted molar refractivity (Wildman–Crippen MR) is 113 cm³/mol. The standard InChI is InChI=1S/C22H32N4O3/c1-25-14-17-12-18(2-3-19(17)24-20(22(25)29)13-21(27)28)26-10-6-16(7-11-26)15-4-8-23-9-5-15/h2-3,12,15-16,20,23-24H,4-11,13-14H2,1H3,(H,27,28). The Kier molecular flexibility index (Phi) is 5.94. The molecule has 0 aromatic heterocycles. The van der Waals surface area contributed by atoms with Gasteiger partial charge >= 0.3 is 5.97 Å². The van der Waals surface area contributed by atoms with Crippen LogP contribution in [0.1, 0.15) is 37.7 Å². The van der Waals surface area contributed by atoms with Crippen molar-refractivity contribution < 1.29 is 14.7 Å². The SMILES string of the molecule is CN1Cc2cc(N3CCC(C4CCNCC4)CC3)ccc2NC(CC(=O)O)C1=O. The van der Waals surface area contributed by atoms with Crippen LogP contribution in [0.2, 0.25) is 0 Å². The minimum Gasteiger partial charge on any atom is -0.481 e. The molecule has 0 saturated carbocycles. The Bertz CT molecular complexity index is 754. The summed E-state index contributed by atoms with van der Waals surface area (Å²) in [6.45, 7) is 4.99. The van der Waals surface area contributed by atoms with Crippen molar-refractivity contribution in [2.45, 2.75) is 44.7 Å². The van der Waals surface area contributed by atoms with Crippen LogP contribution in [0.15, 0.2) is 18.2 Å². The normalized spacial score (nSPS) is 24.0. The third-order valence-corrected chi connectivity index (χ3v) is 6.83. The van der Waals surface area contributed by atoms with Crippen LogP contribution in [0.4, 0.5) is 11.4 Å². The lowest BCUT2D eigenvalue weighted by Crippen LogP contribution is -2.39. The van der Waals surface area contributed by atoms with Gasteiger partial charge in [0.05, 0.1) is 6.42 Å². The smallest absolute Gasteiger partial charge is 0.305 e. The van der Waals surface area contributed by atoms with E-state index in [0.29, 0.717) is 6.54 Å². The van der Waals surface area contributed by atoms with E-state index >= 15 is 0 Å². The molecule has 7 nitrogen and oxygen atoms in total. The Balaban J connectivity index is 1.44. The van der Waals surface area contributed by atoms with Crippen molar-refractivity contribution in [3.05, 3.63) is 23.8 Å². The van der Waals surface area contributed by atoms with Gasteiger partial charge in [0.2, 0.25) is 5.91 Å². The highest BCUT2D eigenvalue weighted by atomic mass is 16.4. The third kappa shape index (κ3) is 4.50. The monoisotopic (exact) mass is 400 g/mol. The second-order valence-electron chi connectivity index (χ2n) is 8.74. The number of rotatable bonds is 4. The number of nitrogens with one attached hydrogen (secondary N) is 2. The fraction of sp³-hybridized carbons (Fsp3) is 0.636. The number of aliphatic carboxylic acids is 1. The van der Waals surface area contributed by atoms with E-state index in [1.807, 2.05) is 6.07 Å². The molecule has 0 bridgehead atoms. The van der Waals surface area contributed by atoms with Gasteiger partial charge in [0, 0.05) is 38.1 Å². The molecule has 2 fully saturated rings. The van der Waals surface area contributed by atoms with Crippen LogP contribution in [-0.2, 0) is 16.1 Å². The molecule has 1 amide bonds. The lowest BCUT2D eigenvalue weighted by atomic mass is 9.79. The largest absolute Gasteiger partial charge is 0.481 e. The van der Waals surface area contributed by atoms with E-state index < -0.39 is 12.0 Å². The van der Waals surface area contributed by atoms with Crippen LogP contribution >= 0.6 is 0 Å². The summed E-state index contributed by atoms with van der Waals surface area (Å²) in [5.74, 6) is 0.575. The van der Waals surface area contributed by atoms with Gasteiger partial charge in [-0.05, 0) is 74.4 Å². The lowest BCUT2D eigenvalue weighted by Gasteiger charge is -2.39. The van der Waals surface area contributed by atoms with Crippen molar-refractivity contribution in [3.63, 3.8) is 0 Å². The van der Waals surface area contributed by atoms with Gasteiger partial charge in [-0.25, -0.2) is 0 Å². The van der Waals surface area contributed by atoms with E-state index in [9.17, 15) is 9.59 Å². The molecule has 0 spiro atoms. The molecule has 3 heterocycles. The van der Waals surface area contributed by atoms with Gasteiger partial charge < -0.3 is 25.5 Å². The van der Waals surface area contributed by atoms with Crippen LogP contribution in [0.5, 0.6) is 0 Å². The number of amides is 1. The zero-order chi connectivity index (χ0) is 20.4. The van der Waals surface area contributed by atoms with E-state index in [-0.39, 0.29) is 12.3 Å². The number of nitrogens with zero attached hydrogens (tertiary/aromatic N) is 2. The summed E-state index contributed by atoms with van der Waals surface area (Å²) < 4.78 is 0. The minimum absolute atomic E-state index is 0.173. The van der Waals surface area contributed by atoms with E-state index in [2.05, 4.69) is 27.7 Å². The van der Waals surface area contributed by atoms with Gasteiger partial charge in [0.25, 0.3) is 0 Å². The number of carbonyl (C=O) groups excluding carboxylic acids is 1. The summed E-state index contributed by atoms with van der Waals surface area (Å²) in [6.07, 6.45) is 4.91. The molecule has 1 aromatic rings. The van der Waals surface area contributed by atoms with Crippen LogP contribution in [-0.4, -0.2) is 61.2 Å². The molecule has 3 N–H and O–H groups in total. The molecular weight excluding hydrogens is 368 g/mol. The number of piperidine rings is 2. The number of hydrogen-bond acceptors (Lipinski definition) is 5. The Labute approximate surface area is 172 Å². The highest BCUT2D eigenvalue weighted by Gasteiger charge is 2.30. The summed E-state index contributed by atoms with van der Waals surface area (Å²) in [7, 11) is 1.74. The van der Waals surface area contributed by atoms with Crippen LogP contribution in [0.3, 0.4) is 0 Å². The van der Waals surface area contributed by atoms with Gasteiger partial charge in [-0.1, -0.05) is 0 Å². The van der Waals surface area contributed by atoms with E-state index in [0.717, 1.165) is 49.3 Å². The van der Waals surface area contributed by atoms with Crippen molar-refractivity contribution in [1.29, 1.82) is 0 Å².